The average Bonchev–Trinajstić information content (AvgIpc) is 2.50. The molecule has 1 rings (SSSR count). The van der Waals surface area contributed by atoms with Gasteiger partial charge in [0, 0.05) is 19.1 Å². The molecule has 0 bridgehead atoms. The molecule has 0 aliphatic heterocycles. The van der Waals surface area contributed by atoms with E-state index in [1.165, 1.54) is 8.79 Å². The van der Waals surface area contributed by atoms with E-state index < -0.39 is 0 Å². The van der Waals surface area contributed by atoms with Gasteiger partial charge >= 0.3 is 0 Å². The van der Waals surface area contributed by atoms with Gasteiger partial charge in [0.2, 0.25) is 0 Å². The molecule has 80 valence electrons. The van der Waals surface area contributed by atoms with Crippen LogP contribution in [0.4, 0.5) is 5.00 Å². The lowest BCUT2D eigenvalue weighted by molar-refractivity contribution is 0.465. The van der Waals surface area contributed by atoms with Gasteiger partial charge in [-0.2, -0.15) is 0 Å². The third kappa shape index (κ3) is 2.72. The maximum absolute atomic E-state index is 3.48. The summed E-state index contributed by atoms with van der Waals surface area (Å²) >= 11 is 5.25. The van der Waals surface area contributed by atoms with Crippen LogP contribution < -0.4 is 10.2 Å². The predicted molar refractivity (Wildman–Crippen MR) is 68.4 cm³/mol. The van der Waals surface area contributed by atoms with Crippen LogP contribution in [0.25, 0.3) is 0 Å². The van der Waals surface area contributed by atoms with Gasteiger partial charge < -0.3 is 10.2 Å². The first kappa shape index (κ1) is 12.0. The lowest BCUT2D eigenvalue weighted by Gasteiger charge is -2.36. The van der Waals surface area contributed by atoms with Crippen molar-refractivity contribution in [2.24, 2.45) is 0 Å². The molecular formula is C10H17BrN2S. The molecule has 0 aliphatic rings. The van der Waals surface area contributed by atoms with Crippen molar-refractivity contribution in [1.82, 2.24) is 5.32 Å². The van der Waals surface area contributed by atoms with E-state index in [-0.39, 0.29) is 5.54 Å². The van der Waals surface area contributed by atoms with Crippen LogP contribution in [0.5, 0.6) is 0 Å². The van der Waals surface area contributed by atoms with Crippen molar-refractivity contribution >= 4 is 32.3 Å². The molecule has 0 amide bonds. The zero-order valence-corrected chi connectivity index (χ0v) is 11.5. The molecule has 1 aromatic heterocycles. The molecule has 0 aliphatic carbocycles. The highest BCUT2D eigenvalue weighted by Gasteiger charge is 2.23. The van der Waals surface area contributed by atoms with Gasteiger partial charge in [0.05, 0.1) is 8.79 Å². The Morgan fingerprint density at radius 3 is 2.57 bits per heavy atom. The second kappa shape index (κ2) is 4.64. The van der Waals surface area contributed by atoms with E-state index in [4.69, 9.17) is 0 Å². The van der Waals surface area contributed by atoms with Crippen LogP contribution in [0.2, 0.25) is 0 Å². The smallest absolute Gasteiger partial charge is 0.0922 e. The van der Waals surface area contributed by atoms with E-state index in [0.717, 1.165) is 6.54 Å². The van der Waals surface area contributed by atoms with E-state index >= 15 is 0 Å². The van der Waals surface area contributed by atoms with Crippen LogP contribution in [0.1, 0.15) is 13.8 Å². The number of anilines is 1. The molecule has 0 atom stereocenters. The summed E-state index contributed by atoms with van der Waals surface area (Å²) < 4.78 is 1.18. The summed E-state index contributed by atoms with van der Waals surface area (Å²) in [6, 6.07) is 4.23. The molecule has 1 heterocycles. The molecule has 0 saturated carbocycles. The Bertz CT molecular complexity index is 296. The Balaban J connectivity index is 2.78. The van der Waals surface area contributed by atoms with Crippen molar-refractivity contribution in [3.05, 3.63) is 15.9 Å². The van der Waals surface area contributed by atoms with Gasteiger partial charge in [0.25, 0.3) is 0 Å². The van der Waals surface area contributed by atoms with Gasteiger partial charge in [0.15, 0.2) is 0 Å². The predicted octanol–water partition coefficient (Wildman–Crippen LogP) is 2.94. The van der Waals surface area contributed by atoms with E-state index in [1.807, 2.05) is 7.05 Å². The molecule has 0 radical (unpaired) electrons. The monoisotopic (exact) mass is 276 g/mol. The Hall–Kier alpha value is -0.0600. The number of rotatable bonds is 4. The molecular weight excluding hydrogens is 260 g/mol. The standard InChI is InChI=1S/C10H17BrN2S/c1-10(2,7-12-3)13(4)9-6-5-8(11)14-9/h5-6,12H,7H2,1-4H3. The number of thiophene rings is 1. The lowest BCUT2D eigenvalue weighted by Crippen LogP contribution is -2.47. The molecule has 1 N–H and O–H groups in total. The fraction of sp³-hybridized carbons (Fsp3) is 0.600. The van der Waals surface area contributed by atoms with Crippen molar-refractivity contribution < 1.29 is 0 Å². The van der Waals surface area contributed by atoms with E-state index in [9.17, 15) is 0 Å². The quantitative estimate of drug-likeness (QED) is 0.910. The van der Waals surface area contributed by atoms with Gasteiger partial charge in [-0.3, -0.25) is 0 Å². The molecule has 0 saturated heterocycles. The van der Waals surface area contributed by atoms with Crippen LogP contribution in [0.15, 0.2) is 15.9 Å². The van der Waals surface area contributed by atoms with Gasteiger partial charge in [-0.1, -0.05) is 0 Å². The normalized spacial score (nSPS) is 11.8. The van der Waals surface area contributed by atoms with Crippen molar-refractivity contribution in [3.8, 4) is 0 Å². The number of halogens is 1. The van der Waals surface area contributed by atoms with Crippen molar-refractivity contribution in [2.75, 3.05) is 25.5 Å². The van der Waals surface area contributed by atoms with Crippen LogP contribution >= 0.6 is 27.3 Å². The van der Waals surface area contributed by atoms with Gasteiger partial charge in [0.1, 0.15) is 0 Å². The minimum absolute atomic E-state index is 0.138. The summed E-state index contributed by atoms with van der Waals surface area (Å²) in [6.45, 7) is 5.44. The highest BCUT2D eigenvalue weighted by molar-refractivity contribution is 9.11. The van der Waals surface area contributed by atoms with E-state index in [0.29, 0.717) is 0 Å². The molecule has 1 aromatic rings. The summed E-state index contributed by atoms with van der Waals surface area (Å²) in [4.78, 5) is 2.30. The molecule has 0 aromatic carbocycles. The minimum atomic E-state index is 0.138. The van der Waals surface area contributed by atoms with Crippen LogP contribution in [-0.2, 0) is 0 Å². The maximum atomic E-state index is 3.48. The average molecular weight is 277 g/mol. The number of hydrogen-bond donors (Lipinski definition) is 1. The topological polar surface area (TPSA) is 15.3 Å². The number of likely N-dealkylation sites (N-methyl/N-ethyl adjacent to an activating group) is 2. The molecule has 14 heavy (non-hydrogen) atoms. The Morgan fingerprint density at radius 2 is 2.14 bits per heavy atom. The van der Waals surface area contributed by atoms with Crippen molar-refractivity contribution in [2.45, 2.75) is 19.4 Å². The summed E-state index contributed by atoms with van der Waals surface area (Å²) in [5, 5.41) is 4.51. The second-order valence-electron chi connectivity index (χ2n) is 3.98. The number of nitrogens with zero attached hydrogens (tertiary/aromatic N) is 1. The zero-order chi connectivity index (χ0) is 10.8. The maximum Gasteiger partial charge on any atom is 0.0922 e. The summed E-state index contributed by atoms with van der Waals surface area (Å²) in [7, 11) is 4.12. The molecule has 0 fully saturated rings. The highest BCUT2D eigenvalue weighted by Crippen LogP contribution is 2.32. The van der Waals surface area contributed by atoms with Crippen LogP contribution in [0.3, 0.4) is 0 Å². The van der Waals surface area contributed by atoms with Crippen molar-refractivity contribution in [3.63, 3.8) is 0 Å². The van der Waals surface area contributed by atoms with Crippen molar-refractivity contribution in [1.29, 1.82) is 0 Å². The number of nitrogens with one attached hydrogen (secondary N) is 1. The van der Waals surface area contributed by atoms with E-state index in [2.05, 4.69) is 59.2 Å². The SMILES string of the molecule is CNCC(C)(C)N(C)c1ccc(Br)s1. The largest absolute Gasteiger partial charge is 0.360 e. The fourth-order valence-corrected chi connectivity index (χ4v) is 2.82. The second-order valence-corrected chi connectivity index (χ2v) is 6.42. The first-order chi connectivity index (χ1) is 6.47. The Morgan fingerprint density at radius 1 is 1.50 bits per heavy atom. The third-order valence-corrected chi connectivity index (χ3v) is 4.11. The van der Waals surface area contributed by atoms with Crippen LogP contribution in [0, 0.1) is 0 Å². The molecule has 4 heteroatoms. The Kier molecular flexibility index (Phi) is 3.98. The first-order valence-corrected chi connectivity index (χ1v) is 6.22. The zero-order valence-electron chi connectivity index (χ0n) is 9.10. The minimum Gasteiger partial charge on any atom is -0.360 e. The lowest BCUT2D eigenvalue weighted by atomic mass is 10.0. The summed E-state index contributed by atoms with van der Waals surface area (Å²) in [5.41, 5.74) is 0.138. The fourth-order valence-electron chi connectivity index (χ4n) is 1.33. The summed E-state index contributed by atoms with van der Waals surface area (Å²) in [6.07, 6.45) is 0. The van der Waals surface area contributed by atoms with Gasteiger partial charge in [-0.15, -0.1) is 11.3 Å². The van der Waals surface area contributed by atoms with Gasteiger partial charge in [-0.05, 0) is 49.0 Å². The highest BCUT2D eigenvalue weighted by atomic mass is 79.9. The molecule has 0 spiro atoms. The third-order valence-electron chi connectivity index (χ3n) is 2.41. The van der Waals surface area contributed by atoms with Crippen LogP contribution in [-0.4, -0.2) is 26.2 Å². The molecule has 0 unspecified atom stereocenters. The summed E-state index contributed by atoms with van der Waals surface area (Å²) in [5.74, 6) is 0. The first-order valence-electron chi connectivity index (χ1n) is 4.61. The van der Waals surface area contributed by atoms with Gasteiger partial charge in [-0.25, -0.2) is 0 Å². The Labute approximate surface area is 98.4 Å². The van der Waals surface area contributed by atoms with E-state index in [1.54, 1.807) is 11.3 Å². The number of hydrogen-bond acceptors (Lipinski definition) is 3. The molecule has 2 nitrogen and oxygen atoms in total.